The predicted molar refractivity (Wildman–Crippen MR) is 72.5 cm³/mol. The van der Waals surface area contributed by atoms with Gasteiger partial charge in [0.2, 0.25) is 0 Å². The van der Waals surface area contributed by atoms with Gasteiger partial charge in [-0.15, -0.1) is 0 Å². The van der Waals surface area contributed by atoms with Crippen LogP contribution in [0.5, 0.6) is 0 Å². The van der Waals surface area contributed by atoms with Gasteiger partial charge in [0.15, 0.2) is 5.17 Å². The molecule has 3 aliphatic rings. The molecule has 0 aromatic rings. The number of rotatable bonds is 2. The van der Waals surface area contributed by atoms with Gasteiger partial charge in [-0.1, -0.05) is 25.6 Å². The Morgan fingerprint density at radius 2 is 2.18 bits per heavy atom. The van der Waals surface area contributed by atoms with Gasteiger partial charge in [-0.05, 0) is 30.6 Å². The molecule has 0 radical (unpaired) electrons. The molecule has 0 aromatic carbocycles. The lowest BCUT2D eigenvalue weighted by atomic mass is 9.97. The van der Waals surface area contributed by atoms with Crippen molar-refractivity contribution in [1.82, 2.24) is 5.32 Å². The summed E-state index contributed by atoms with van der Waals surface area (Å²) in [6.45, 7) is 6.43. The fraction of sp³-hybridized carbons (Fsp3) is 0.923. The number of ether oxygens (including phenoxy) is 1. The van der Waals surface area contributed by atoms with Crippen LogP contribution in [0, 0.1) is 11.3 Å². The van der Waals surface area contributed by atoms with Gasteiger partial charge in [-0.2, -0.15) is 0 Å². The van der Waals surface area contributed by atoms with Crippen molar-refractivity contribution in [3.8, 4) is 0 Å². The first-order valence-corrected chi connectivity index (χ1v) is 7.68. The highest BCUT2D eigenvalue weighted by Crippen LogP contribution is 2.39. The van der Waals surface area contributed by atoms with Crippen molar-refractivity contribution in [3.63, 3.8) is 0 Å². The molecule has 0 amide bonds. The Kier molecular flexibility index (Phi) is 3.11. The number of amidine groups is 1. The summed E-state index contributed by atoms with van der Waals surface area (Å²) in [4.78, 5) is 4.67. The van der Waals surface area contributed by atoms with Gasteiger partial charge in [-0.3, -0.25) is 4.99 Å². The smallest absolute Gasteiger partial charge is 0.156 e. The van der Waals surface area contributed by atoms with Crippen LogP contribution in [-0.4, -0.2) is 36.2 Å². The van der Waals surface area contributed by atoms with E-state index in [1.165, 1.54) is 18.6 Å². The fourth-order valence-corrected chi connectivity index (χ4v) is 3.55. The van der Waals surface area contributed by atoms with Gasteiger partial charge >= 0.3 is 0 Å². The van der Waals surface area contributed by atoms with Crippen LogP contribution >= 0.6 is 11.8 Å². The van der Waals surface area contributed by atoms with Crippen molar-refractivity contribution < 1.29 is 4.74 Å². The van der Waals surface area contributed by atoms with Crippen molar-refractivity contribution in [3.05, 3.63) is 0 Å². The minimum absolute atomic E-state index is 0.359. The first-order valence-electron chi connectivity index (χ1n) is 6.69. The van der Waals surface area contributed by atoms with Crippen molar-refractivity contribution in [2.24, 2.45) is 16.3 Å². The molecule has 2 unspecified atom stereocenters. The van der Waals surface area contributed by atoms with Gasteiger partial charge in [-0.25, -0.2) is 0 Å². The van der Waals surface area contributed by atoms with Gasteiger partial charge in [0.25, 0.3) is 0 Å². The summed E-state index contributed by atoms with van der Waals surface area (Å²) in [5.41, 5.74) is 0.359. The first-order chi connectivity index (χ1) is 8.14. The molecule has 2 fully saturated rings. The van der Waals surface area contributed by atoms with Crippen molar-refractivity contribution >= 4 is 16.9 Å². The Bertz CT molecular complexity index is 325. The van der Waals surface area contributed by atoms with Crippen LogP contribution in [0.25, 0.3) is 0 Å². The molecule has 0 aromatic heterocycles. The van der Waals surface area contributed by atoms with Gasteiger partial charge in [0.05, 0.1) is 12.1 Å². The quantitative estimate of drug-likeness (QED) is 0.821. The summed E-state index contributed by atoms with van der Waals surface area (Å²) < 4.78 is 5.85. The maximum atomic E-state index is 5.85. The largest absolute Gasteiger partial charge is 0.376 e. The van der Waals surface area contributed by atoms with Crippen molar-refractivity contribution in [2.45, 2.75) is 45.3 Å². The highest BCUT2D eigenvalue weighted by atomic mass is 32.2. The highest BCUT2D eigenvalue weighted by Gasteiger charge is 2.41. The number of nitrogens with one attached hydrogen (secondary N) is 1. The minimum atomic E-state index is 0.359. The summed E-state index contributed by atoms with van der Waals surface area (Å²) in [5.74, 6) is 1.99. The molecular weight excluding hydrogens is 232 g/mol. The van der Waals surface area contributed by atoms with Gasteiger partial charge < -0.3 is 10.1 Å². The monoisotopic (exact) mass is 254 g/mol. The zero-order valence-electron chi connectivity index (χ0n) is 10.7. The second-order valence-electron chi connectivity index (χ2n) is 6.29. The van der Waals surface area contributed by atoms with Crippen LogP contribution in [0.3, 0.4) is 0 Å². The summed E-state index contributed by atoms with van der Waals surface area (Å²) in [6, 6.07) is 0.509. The average Bonchev–Trinajstić information content (AvgIpc) is 3.03. The fourth-order valence-electron chi connectivity index (χ4n) is 2.54. The zero-order chi connectivity index (χ0) is 11.9. The van der Waals surface area contributed by atoms with E-state index >= 15 is 0 Å². The molecule has 1 saturated carbocycles. The number of hydrogen-bond donors (Lipinski definition) is 1. The Morgan fingerprint density at radius 3 is 2.82 bits per heavy atom. The van der Waals surface area contributed by atoms with E-state index in [1.807, 2.05) is 11.8 Å². The highest BCUT2D eigenvalue weighted by molar-refractivity contribution is 8.13. The van der Waals surface area contributed by atoms with Crippen molar-refractivity contribution in [1.29, 1.82) is 0 Å². The molecule has 2 atom stereocenters. The summed E-state index contributed by atoms with van der Waals surface area (Å²) >= 11 is 1.87. The lowest BCUT2D eigenvalue weighted by Gasteiger charge is -2.29. The van der Waals surface area contributed by atoms with E-state index in [4.69, 9.17) is 4.74 Å². The van der Waals surface area contributed by atoms with Gasteiger partial charge in [0, 0.05) is 18.9 Å². The molecule has 3 nitrogen and oxygen atoms in total. The summed E-state index contributed by atoms with van der Waals surface area (Å²) in [5, 5.41) is 4.76. The van der Waals surface area contributed by atoms with E-state index in [2.05, 4.69) is 24.2 Å². The van der Waals surface area contributed by atoms with Crippen LogP contribution in [-0.2, 0) is 4.74 Å². The SMILES string of the molecule is CC1(C)CN=C(NC2CCOC2C2CC2)SC1. The Labute approximate surface area is 108 Å². The zero-order valence-corrected chi connectivity index (χ0v) is 11.6. The average molecular weight is 254 g/mol. The Balaban J connectivity index is 1.58. The minimum Gasteiger partial charge on any atom is -0.376 e. The lowest BCUT2D eigenvalue weighted by Crippen LogP contribution is -2.42. The topological polar surface area (TPSA) is 33.6 Å². The van der Waals surface area contributed by atoms with Crippen molar-refractivity contribution in [2.75, 3.05) is 18.9 Å². The third-order valence-electron chi connectivity index (χ3n) is 3.78. The number of aliphatic imine (C=N–C) groups is 1. The van der Waals surface area contributed by atoms with Crippen LogP contribution in [0.15, 0.2) is 4.99 Å². The maximum Gasteiger partial charge on any atom is 0.156 e. The maximum absolute atomic E-state index is 5.85. The molecule has 96 valence electrons. The molecule has 2 heterocycles. The summed E-state index contributed by atoms with van der Waals surface area (Å²) in [6.07, 6.45) is 4.31. The standard InChI is InChI=1S/C13H22N2OS/c1-13(2)7-14-12(17-8-13)15-10-5-6-16-11(10)9-3-4-9/h9-11H,3-8H2,1-2H3,(H,14,15). The third-order valence-corrected chi connectivity index (χ3v) is 5.23. The van der Waals surface area contributed by atoms with E-state index in [-0.39, 0.29) is 0 Å². The van der Waals surface area contributed by atoms with Crippen LogP contribution in [0.1, 0.15) is 33.1 Å². The normalized spacial score (nSPS) is 36.7. The predicted octanol–water partition coefficient (Wildman–Crippen LogP) is 2.27. The van der Waals surface area contributed by atoms with E-state index in [0.717, 1.165) is 30.7 Å². The Morgan fingerprint density at radius 1 is 1.35 bits per heavy atom. The molecule has 0 spiro atoms. The second kappa shape index (κ2) is 4.47. The molecule has 1 aliphatic carbocycles. The molecular formula is C13H22N2OS. The van der Waals surface area contributed by atoms with Crippen LogP contribution in [0.4, 0.5) is 0 Å². The van der Waals surface area contributed by atoms with Crippen LogP contribution < -0.4 is 5.32 Å². The van der Waals surface area contributed by atoms with E-state index in [9.17, 15) is 0 Å². The van der Waals surface area contributed by atoms with Crippen LogP contribution in [0.2, 0.25) is 0 Å². The molecule has 4 heteroatoms. The van der Waals surface area contributed by atoms with E-state index < -0.39 is 0 Å². The molecule has 0 bridgehead atoms. The third kappa shape index (κ3) is 2.79. The number of thioether (sulfide) groups is 1. The molecule has 1 saturated heterocycles. The van der Waals surface area contributed by atoms with Gasteiger partial charge in [0.1, 0.15) is 0 Å². The van der Waals surface area contributed by atoms with E-state index in [0.29, 0.717) is 17.6 Å². The molecule has 17 heavy (non-hydrogen) atoms. The first kappa shape index (κ1) is 11.8. The molecule has 3 rings (SSSR count). The number of nitrogens with zero attached hydrogens (tertiary/aromatic N) is 1. The molecule has 1 N–H and O–H groups in total. The molecule has 2 aliphatic heterocycles. The Hall–Kier alpha value is -0.220. The summed E-state index contributed by atoms with van der Waals surface area (Å²) in [7, 11) is 0. The van der Waals surface area contributed by atoms with E-state index in [1.54, 1.807) is 0 Å². The lowest BCUT2D eigenvalue weighted by molar-refractivity contribution is 0.0844. The number of hydrogen-bond acceptors (Lipinski definition) is 4. The second-order valence-corrected chi connectivity index (χ2v) is 7.25.